The fourth-order valence-electron chi connectivity index (χ4n) is 2.35. The van der Waals surface area contributed by atoms with E-state index in [4.69, 9.17) is 11.6 Å². The summed E-state index contributed by atoms with van der Waals surface area (Å²) in [5, 5.41) is 13.9. The van der Waals surface area contributed by atoms with Crippen molar-refractivity contribution in [2.24, 2.45) is 0 Å². The number of aromatic hydroxyl groups is 1. The third-order valence-corrected chi connectivity index (χ3v) is 3.94. The Morgan fingerprint density at radius 3 is 2.68 bits per heavy atom. The number of aryl methyl sites for hydroxylation is 1. The first kappa shape index (κ1) is 14.3. The molecule has 1 saturated heterocycles. The van der Waals surface area contributed by atoms with E-state index in [1.54, 1.807) is 19.9 Å². The maximum atomic E-state index is 12.4. The SMILES string of the molecule is Cc1cc(Cl)c(C)c(C(=O)CN2CCNCC2)c1O. The molecule has 1 aliphatic rings. The van der Waals surface area contributed by atoms with Gasteiger partial charge in [0.25, 0.3) is 0 Å². The highest BCUT2D eigenvalue weighted by Crippen LogP contribution is 2.31. The van der Waals surface area contributed by atoms with Gasteiger partial charge in [0.1, 0.15) is 5.75 Å². The fourth-order valence-corrected chi connectivity index (χ4v) is 2.61. The largest absolute Gasteiger partial charge is 0.507 e. The summed E-state index contributed by atoms with van der Waals surface area (Å²) in [7, 11) is 0. The van der Waals surface area contributed by atoms with Gasteiger partial charge in [-0.25, -0.2) is 0 Å². The zero-order valence-electron chi connectivity index (χ0n) is 11.3. The Balaban J connectivity index is 2.23. The maximum Gasteiger partial charge on any atom is 0.180 e. The Morgan fingerprint density at radius 2 is 2.05 bits per heavy atom. The van der Waals surface area contributed by atoms with Gasteiger partial charge in [-0.05, 0) is 31.0 Å². The molecule has 1 fully saturated rings. The standard InChI is InChI=1S/C14H19ClN2O2/c1-9-7-11(15)10(2)13(14(9)19)12(18)8-17-5-3-16-4-6-17/h7,16,19H,3-6,8H2,1-2H3. The molecule has 0 aliphatic carbocycles. The number of phenols is 1. The summed E-state index contributed by atoms with van der Waals surface area (Å²) >= 11 is 6.09. The lowest BCUT2D eigenvalue weighted by Crippen LogP contribution is -2.45. The van der Waals surface area contributed by atoms with Crippen molar-refractivity contribution in [1.29, 1.82) is 0 Å². The molecule has 1 heterocycles. The molecule has 0 unspecified atom stereocenters. The minimum atomic E-state index is -0.0671. The smallest absolute Gasteiger partial charge is 0.180 e. The summed E-state index contributed by atoms with van der Waals surface area (Å²) < 4.78 is 0. The highest BCUT2D eigenvalue weighted by molar-refractivity contribution is 6.32. The molecule has 0 saturated carbocycles. The second-order valence-corrected chi connectivity index (χ2v) is 5.38. The molecule has 104 valence electrons. The van der Waals surface area contributed by atoms with E-state index < -0.39 is 0 Å². The van der Waals surface area contributed by atoms with Gasteiger partial charge >= 0.3 is 0 Å². The minimum absolute atomic E-state index is 0.0574. The molecule has 2 rings (SSSR count). The quantitative estimate of drug-likeness (QED) is 0.830. The van der Waals surface area contributed by atoms with Crippen molar-refractivity contribution in [2.75, 3.05) is 32.7 Å². The van der Waals surface area contributed by atoms with E-state index in [2.05, 4.69) is 10.2 Å². The van der Waals surface area contributed by atoms with Crippen LogP contribution < -0.4 is 5.32 Å². The van der Waals surface area contributed by atoms with Crippen LogP contribution in [0.25, 0.3) is 0 Å². The van der Waals surface area contributed by atoms with Crippen LogP contribution in [-0.4, -0.2) is 48.5 Å². The molecule has 0 aromatic heterocycles. The van der Waals surface area contributed by atoms with Crippen LogP contribution in [0.15, 0.2) is 6.07 Å². The number of nitrogens with zero attached hydrogens (tertiary/aromatic N) is 1. The van der Waals surface area contributed by atoms with Crippen molar-refractivity contribution in [2.45, 2.75) is 13.8 Å². The molecule has 0 bridgehead atoms. The van der Waals surface area contributed by atoms with Gasteiger partial charge in [-0.15, -0.1) is 0 Å². The molecule has 1 aromatic carbocycles. The number of hydrogen-bond donors (Lipinski definition) is 2. The van der Waals surface area contributed by atoms with Crippen LogP contribution in [0.3, 0.4) is 0 Å². The third-order valence-electron chi connectivity index (χ3n) is 3.54. The number of ketones is 1. The Hall–Kier alpha value is -1.10. The topological polar surface area (TPSA) is 52.6 Å². The number of hydrogen-bond acceptors (Lipinski definition) is 4. The molecule has 0 radical (unpaired) electrons. The van der Waals surface area contributed by atoms with Crippen LogP contribution in [0.5, 0.6) is 5.75 Å². The van der Waals surface area contributed by atoms with Gasteiger partial charge in [-0.2, -0.15) is 0 Å². The highest BCUT2D eigenvalue weighted by Gasteiger charge is 2.21. The van der Waals surface area contributed by atoms with E-state index in [-0.39, 0.29) is 11.5 Å². The van der Waals surface area contributed by atoms with Gasteiger partial charge in [-0.3, -0.25) is 9.69 Å². The molecule has 0 spiro atoms. The van der Waals surface area contributed by atoms with E-state index in [1.807, 2.05) is 0 Å². The van der Waals surface area contributed by atoms with Crippen LogP contribution in [0.4, 0.5) is 0 Å². The molecule has 1 aromatic rings. The summed E-state index contributed by atoms with van der Waals surface area (Å²) in [6.45, 7) is 7.35. The van der Waals surface area contributed by atoms with Crippen molar-refractivity contribution >= 4 is 17.4 Å². The molecule has 5 heteroatoms. The number of Topliss-reactive ketones (excluding diaryl/α,β-unsaturated/α-hetero) is 1. The van der Waals surface area contributed by atoms with Crippen LogP contribution in [-0.2, 0) is 0 Å². The van der Waals surface area contributed by atoms with Gasteiger partial charge in [0, 0.05) is 31.2 Å². The van der Waals surface area contributed by atoms with E-state index >= 15 is 0 Å². The number of halogens is 1. The number of rotatable bonds is 3. The predicted molar refractivity (Wildman–Crippen MR) is 76.2 cm³/mol. The number of nitrogens with one attached hydrogen (secondary N) is 1. The minimum Gasteiger partial charge on any atom is -0.507 e. The average Bonchev–Trinajstić information content (AvgIpc) is 2.38. The zero-order valence-corrected chi connectivity index (χ0v) is 12.0. The van der Waals surface area contributed by atoms with Crippen molar-refractivity contribution in [1.82, 2.24) is 10.2 Å². The zero-order chi connectivity index (χ0) is 14.0. The third kappa shape index (κ3) is 3.08. The van der Waals surface area contributed by atoms with E-state index in [1.165, 1.54) is 0 Å². The van der Waals surface area contributed by atoms with E-state index in [0.29, 0.717) is 28.3 Å². The lowest BCUT2D eigenvalue weighted by Gasteiger charge is -2.26. The summed E-state index contributed by atoms with van der Waals surface area (Å²) in [5.41, 5.74) is 1.66. The molecule has 4 nitrogen and oxygen atoms in total. The van der Waals surface area contributed by atoms with E-state index in [9.17, 15) is 9.90 Å². The Morgan fingerprint density at radius 1 is 1.42 bits per heavy atom. The van der Waals surface area contributed by atoms with Gasteiger partial charge < -0.3 is 10.4 Å². The first-order valence-electron chi connectivity index (χ1n) is 6.45. The second kappa shape index (κ2) is 5.90. The first-order valence-corrected chi connectivity index (χ1v) is 6.83. The van der Waals surface area contributed by atoms with Gasteiger partial charge in [-0.1, -0.05) is 11.6 Å². The van der Waals surface area contributed by atoms with Gasteiger partial charge in [0.05, 0.1) is 12.1 Å². The van der Waals surface area contributed by atoms with Crippen molar-refractivity contribution in [3.05, 3.63) is 27.8 Å². The summed E-state index contributed by atoms with van der Waals surface area (Å²) in [6.07, 6.45) is 0. The van der Waals surface area contributed by atoms with Crippen molar-refractivity contribution in [3.63, 3.8) is 0 Å². The lowest BCUT2D eigenvalue weighted by atomic mass is 9.99. The Labute approximate surface area is 118 Å². The summed E-state index contributed by atoms with van der Waals surface area (Å²) in [4.78, 5) is 14.5. The molecule has 19 heavy (non-hydrogen) atoms. The maximum absolute atomic E-state index is 12.4. The van der Waals surface area contributed by atoms with Crippen LogP contribution in [0, 0.1) is 13.8 Å². The molecule has 0 amide bonds. The molecular weight excluding hydrogens is 264 g/mol. The normalized spacial score (nSPS) is 16.6. The van der Waals surface area contributed by atoms with Crippen molar-refractivity contribution < 1.29 is 9.90 Å². The van der Waals surface area contributed by atoms with E-state index in [0.717, 1.165) is 26.2 Å². The second-order valence-electron chi connectivity index (χ2n) is 4.97. The Bertz CT molecular complexity index is 470. The number of phenolic OH excluding ortho intramolecular Hbond substituents is 1. The highest BCUT2D eigenvalue weighted by atomic mass is 35.5. The number of carbonyl (C=O) groups excluding carboxylic acids is 1. The number of piperazine rings is 1. The van der Waals surface area contributed by atoms with Crippen LogP contribution in [0.2, 0.25) is 5.02 Å². The number of benzene rings is 1. The molecule has 0 atom stereocenters. The lowest BCUT2D eigenvalue weighted by molar-refractivity contribution is 0.0918. The summed E-state index contributed by atoms with van der Waals surface area (Å²) in [6, 6.07) is 1.69. The Kier molecular flexibility index (Phi) is 4.45. The number of carbonyl (C=O) groups is 1. The van der Waals surface area contributed by atoms with Crippen LogP contribution >= 0.6 is 11.6 Å². The molecular formula is C14H19ClN2O2. The fraction of sp³-hybridized carbons (Fsp3) is 0.500. The molecule has 1 aliphatic heterocycles. The van der Waals surface area contributed by atoms with Crippen molar-refractivity contribution in [3.8, 4) is 5.75 Å². The predicted octanol–water partition coefficient (Wildman–Crippen LogP) is 1.75. The molecule has 2 N–H and O–H groups in total. The van der Waals surface area contributed by atoms with Gasteiger partial charge in [0.15, 0.2) is 5.78 Å². The average molecular weight is 283 g/mol. The monoisotopic (exact) mass is 282 g/mol. The summed E-state index contributed by atoms with van der Waals surface area (Å²) in [5.74, 6) is -0.00969. The van der Waals surface area contributed by atoms with Gasteiger partial charge in [0.2, 0.25) is 0 Å². The first-order chi connectivity index (χ1) is 9.00. The van der Waals surface area contributed by atoms with Crippen LogP contribution in [0.1, 0.15) is 21.5 Å².